The first-order chi connectivity index (χ1) is 5.79. The minimum absolute atomic E-state index is 0.520. The Morgan fingerprint density at radius 3 is 2.83 bits per heavy atom. The Kier molecular flexibility index (Phi) is 4.12. The van der Waals surface area contributed by atoms with E-state index in [9.17, 15) is 0 Å². The zero-order valence-corrected chi connectivity index (χ0v) is 9.39. The van der Waals surface area contributed by atoms with Gasteiger partial charge in [0.2, 0.25) is 0 Å². The second-order valence-electron chi connectivity index (χ2n) is 2.73. The van der Waals surface area contributed by atoms with Crippen LogP contribution in [0.2, 0.25) is 0 Å². The van der Waals surface area contributed by atoms with E-state index in [0.29, 0.717) is 6.04 Å². The largest absolute Gasteiger partial charge is 0.312 e. The fourth-order valence-electron chi connectivity index (χ4n) is 1.25. The Morgan fingerprint density at radius 2 is 2.42 bits per heavy atom. The van der Waals surface area contributed by atoms with E-state index < -0.39 is 0 Å². The van der Waals surface area contributed by atoms with E-state index in [4.69, 9.17) is 0 Å². The summed E-state index contributed by atoms with van der Waals surface area (Å²) in [4.78, 5) is 1.43. The number of rotatable bonds is 4. The van der Waals surface area contributed by atoms with Crippen molar-refractivity contribution in [1.29, 1.82) is 0 Å². The molecular formula is C9H15NS2. The maximum absolute atomic E-state index is 3.33. The molecule has 0 aromatic carbocycles. The molecule has 68 valence electrons. The minimum Gasteiger partial charge on any atom is -0.312 e. The van der Waals surface area contributed by atoms with E-state index >= 15 is 0 Å². The molecule has 0 radical (unpaired) electrons. The molecule has 1 heterocycles. The van der Waals surface area contributed by atoms with Gasteiger partial charge in [-0.3, -0.25) is 0 Å². The van der Waals surface area contributed by atoms with E-state index in [1.54, 1.807) is 0 Å². The van der Waals surface area contributed by atoms with Crippen LogP contribution < -0.4 is 5.32 Å². The first kappa shape index (κ1) is 10.1. The quantitative estimate of drug-likeness (QED) is 0.804. The maximum atomic E-state index is 3.33. The summed E-state index contributed by atoms with van der Waals surface area (Å²) < 4.78 is 0. The summed E-state index contributed by atoms with van der Waals surface area (Å²) >= 11 is 3.71. The Balaban J connectivity index is 2.72. The number of thiophene rings is 1. The molecule has 0 amide bonds. The molecule has 0 fully saturated rings. The SMILES string of the molecule is CNC(CSC)c1ccsc1C. The van der Waals surface area contributed by atoms with Crippen molar-refractivity contribution in [1.82, 2.24) is 5.32 Å². The van der Waals surface area contributed by atoms with Gasteiger partial charge in [-0.1, -0.05) is 0 Å². The molecule has 1 nitrogen and oxygen atoms in total. The molecule has 1 unspecified atom stereocenters. The van der Waals surface area contributed by atoms with Crippen LogP contribution in [-0.2, 0) is 0 Å². The summed E-state index contributed by atoms with van der Waals surface area (Å²) in [5.74, 6) is 1.15. The number of hydrogen-bond acceptors (Lipinski definition) is 3. The lowest BCUT2D eigenvalue weighted by atomic mass is 10.1. The van der Waals surface area contributed by atoms with Gasteiger partial charge in [0.1, 0.15) is 0 Å². The van der Waals surface area contributed by atoms with Gasteiger partial charge in [0.25, 0.3) is 0 Å². The van der Waals surface area contributed by atoms with Crippen LogP contribution in [0.1, 0.15) is 16.5 Å². The summed E-state index contributed by atoms with van der Waals surface area (Å²) in [6, 6.07) is 2.74. The van der Waals surface area contributed by atoms with Gasteiger partial charge in [-0.25, -0.2) is 0 Å². The maximum Gasteiger partial charge on any atom is 0.0420 e. The van der Waals surface area contributed by atoms with Crippen molar-refractivity contribution >= 4 is 23.1 Å². The van der Waals surface area contributed by atoms with Gasteiger partial charge >= 0.3 is 0 Å². The van der Waals surface area contributed by atoms with Crippen LogP contribution in [-0.4, -0.2) is 19.1 Å². The zero-order chi connectivity index (χ0) is 8.97. The lowest BCUT2D eigenvalue weighted by Gasteiger charge is -2.14. The standard InChI is InChI=1S/C9H15NS2/c1-7-8(4-5-12-7)9(10-2)6-11-3/h4-5,9-10H,6H2,1-3H3. The van der Waals surface area contributed by atoms with Crippen LogP contribution in [0.15, 0.2) is 11.4 Å². The molecule has 1 N–H and O–H groups in total. The molecule has 0 aliphatic heterocycles. The zero-order valence-electron chi connectivity index (χ0n) is 7.76. The van der Waals surface area contributed by atoms with Crippen LogP contribution >= 0.6 is 23.1 Å². The van der Waals surface area contributed by atoms with E-state index in [2.05, 4.69) is 29.9 Å². The smallest absolute Gasteiger partial charge is 0.0420 e. The fraction of sp³-hybridized carbons (Fsp3) is 0.556. The molecular weight excluding hydrogens is 186 g/mol. The molecule has 1 rings (SSSR count). The lowest BCUT2D eigenvalue weighted by molar-refractivity contribution is 0.661. The van der Waals surface area contributed by atoms with Crippen molar-refractivity contribution in [3.8, 4) is 0 Å². The van der Waals surface area contributed by atoms with Gasteiger partial charge in [-0.05, 0) is 37.2 Å². The predicted molar refractivity (Wildman–Crippen MR) is 59.2 cm³/mol. The van der Waals surface area contributed by atoms with E-state index in [1.165, 1.54) is 10.4 Å². The molecule has 0 saturated carbocycles. The molecule has 0 bridgehead atoms. The second kappa shape index (κ2) is 4.90. The first-order valence-corrected chi connectivity index (χ1v) is 6.27. The second-order valence-corrected chi connectivity index (χ2v) is 4.76. The highest BCUT2D eigenvalue weighted by atomic mass is 32.2. The van der Waals surface area contributed by atoms with Crippen molar-refractivity contribution in [2.75, 3.05) is 19.1 Å². The van der Waals surface area contributed by atoms with Gasteiger partial charge in [0, 0.05) is 16.7 Å². The highest BCUT2D eigenvalue weighted by molar-refractivity contribution is 7.98. The number of nitrogens with one attached hydrogen (secondary N) is 1. The summed E-state index contributed by atoms with van der Waals surface area (Å²) in [7, 11) is 2.03. The third-order valence-electron chi connectivity index (χ3n) is 1.96. The van der Waals surface area contributed by atoms with Crippen molar-refractivity contribution in [3.05, 3.63) is 21.9 Å². The molecule has 3 heteroatoms. The van der Waals surface area contributed by atoms with E-state index in [1.807, 2.05) is 30.1 Å². The van der Waals surface area contributed by atoms with Crippen molar-refractivity contribution in [2.24, 2.45) is 0 Å². The van der Waals surface area contributed by atoms with Crippen LogP contribution in [0.25, 0.3) is 0 Å². The number of thioether (sulfide) groups is 1. The highest BCUT2D eigenvalue weighted by Crippen LogP contribution is 2.24. The van der Waals surface area contributed by atoms with Gasteiger partial charge in [0.15, 0.2) is 0 Å². The van der Waals surface area contributed by atoms with Crippen molar-refractivity contribution in [3.63, 3.8) is 0 Å². The van der Waals surface area contributed by atoms with E-state index in [-0.39, 0.29) is 0 Å². The fourth-order valence-corrected chi connectivity index (χ4v) is 2.70. The lowest BCUT2D eigenvalue weighted by Crippen LogP contribution is -2.18. The topological polar surface area (TPSA) is 12.0 Å². The Labute approximate surface area is 82.6 Å². The average Bonchev–Trinajstić information content (AvgIpc) is 2.47. The summed E-state index contributed by atoms with van der Waals surface area (Å²) in [6.07, 6.45) is 2.14. The molecule has 1 aromatic rings. The van der Waals surface area contributed by atoms with Gasteiger partial charge < -0.3 is 5.32 Å². The normalized spacial score (nSPS) is 13.2. The third-order valence-corrected chi connectivity index (χ3v) is 3.48. The first-order valence-electron chi connectivity index (χ1n) is 3.99. The highest BCUT2D eigenvalue weighted by Gasteiger charge is 2.10. The summed E-state index contributed by atoms with van der Waals surface area (Å²) in [5, 5.41) is 5.49. The Morgan fingerprint density at radius 1 is 1.67 bits per heavy atom. The molecule has 12 heavy (non-hydrogen) atoms. The molecule has 0 spiro atoms. The minimum atomic E-state index is 0.520. The van der Waals surface area contributed by atoms with E-state index in [0.717, 1.165) is 5.75 Å². The van der Waals surface area contributed by atoms with Crippen LogP contribution in [0.3, 0.4) is 0 Å². The molecule has 0 aliphatic carbocycles. The van der Waals surface area contributed by atoms with Crippen LogP contribution in [0.5, 0.6) is 0 Å². The molecule has 1 atom stereocenters. The number of hydrogen-bond donors (Lipinski definition) is 1. The molecule has 0 saturated heterocycles. The summed E-state index contributed by atoms with van der Waals surface area (Å²) in [6.45, 7) is 2.19. The monoisotopic (exact) mass is 201 g/mol. The molecule has 1 aromatic heterocycles. The average molecular weight is 201 g/mol. The Hall–Kier alpha value is 0.01000. The molecule has 0 aliphatic rings. The van der Waals surface area contributed by atoms with Crippen molar-refractivity contribution in [2.45, 2.75) is 13.0 Å². The Bertz CT molecular complexity index is 232. The van der Waals surface area contributed by atoms with Crippen LogP contribution in [0.4, 0.5) is 0 Å². The van der Waals surface area contributed by atoms with Gasteiger partial charge in [-0.15, -0.1) is 11.3 Å². The van der Waals surface area contributed by atoms with Crippen molar-refractivity contribution < 1.29 is 0 Å². The van der Waals surface area contributed by atoms with Crippen LogP contribution in [0, 0.1) is 6.92 Å². The van der Waals surface area contributed by atoms with Gasteiger partial charge in [-0.2, -0.15) is 11.8 Å². The number of aryl methyl sites for hydroxylation is 1. The van der Waals surface area contributed by atoms with Gasteiger partial charge in [0.05, 0.1) is 0 Å². The summed E-state index contributed by atoms with van der Waals surface area (Å²) in [5.41, 5.74) is 1.46. The predicted octanol–water partition coefficient (Wildman–Crippen LogP) is 2.68. The third kappa shape index (κ3) is 2.25.